The Morgan fingerprint density at radius 2 is 1.82 bits per heavy atom. The molecule has 0 N–H and O–H groups in total. The van der Waals surface area contributed by atoms with Gasteiger partial charge in [0.15, 0.2) is 0 Å². The van der Waals surface area contributed by atoms with Gasteiger partial charge >= 0.3 is 0 Å². The molecule has 0 amide bonds. The van der Waals surface area contributed by atoms with Crippen molar-refractivity contribution in [3.8, 4) is 0 Å². The Labute approximate surface area is 69.5 Å². The molecule has 2 heteroatoms. The maximum Gasteiger partial charge on any atom is 0.116 e. The molecule has 0 aromatic rings. The van der Waals surface area contributed by atoms with Crippen LogP contribution < -0.4 is 0 Å². The van der Waals surface area contributed by atoms with Gasteiger partial charge in [-0.3, -0.25) is 0 Å². The number of nitrogens with zero attached hydrogens (tertiary/aromatic N) is 2. The molecule has 1 aliphatic rings. The second-order valence-electron chi connectivity index (χ2n) is 3.31. The summed E-state index contributed by atoms with van der Waals surface area (Å²) in [4.78, 5) is 0. The Kier molecular flexibility index (Phi) is 2.23. The highest BCUT2D eigenvalue weighted by atomic mass is 15.6. The van der Waals surface area contributed by atoms with Crippen LogP contribution >= 0.6 is 0 Å². The number of hydrogen-bond donors (Lipinski definition) is 0. The first-order valence-electron chi connectivity index (χ1n) is 3.99. The minimum absolute atomic E-state index is 0.572. The first kappa shape index (κ1) is 8.60. The third-order valence-corrected chi connectivity index (χ3v) is 2.18. The van der Waals surface area contributed by atoms with Crippen LogP contribution in [0, 0.1) is 12.5 Å². The Hall–Kier alpha value is -0.500. The van der Waals surface area contributed by atoms with Gasteiger partial charge in [-0.2, -0.15) is 0 Å². The predicted molar refractivity (Wildman–Crippen MR) is 46.3 cm³/mol. The molecule has 0 bridgehead atoms. The van der Waals surface area contributed by atoms with Gasteiger partial charge in [0.05, 0.1) is 0 Å². The van der Waals surface area contributed by atoms with Crippen LogP contribution in [0.2, 0.25) is 0 Å². The summed E-state index contributed by atoms with van der Waals surface area (Å²) in [7, 11) is 4.07. The van der Waals surface area contributed by atoms with E-state index in [-0.39, 0.29) is 0 Å². The zero-order chi connectivity index (χ0) is 8.59. The van der Waals surface area contributed by atoms with Gasteiger partial charge in [-0.1, -0.05) is 13.8 Å². The van der Waals surface area contributed by atoms with Crippen LogP contribution in [0.3, 0.4) is 0 Å². The molecule has 62 valence electrons. The van der Waals surface area contributed by atoms with Crippen molar-refractivity contribution in [3.63, 3.8) is 0 Å². The minimum atomic E-state index is 0.572. The third kappa shape index (κ3) is 1.41. The molecule has 0 saturated heterocycles. The molecule has 0 fully saturated rings. The van der Waals surface area contributed by atoms with Crippen molar-refractivity contribution < 1.29 is 0 Å². The van der Waals surface area contributed by atoms with E-state index in [0.717, 1.165) is 0 Å². The van der Waals surface area contributed by atoms with Gasteiger partial charge in [-0.15, -0.1) is 0 Å². The van der Waals surface area contributed by atoms with E-state index in [1.807, 2.05) is 12.1 Å². The largest absolute Gasteiger partial charge is 0.312 e. The summed E-state index contributed by atoms with van der Waals surface area (Å²) < 4.78 is 0. The molecule has 1 aliphatic heterocycles. The zero-order valence-electron chi connectivity index (χ0n) is 7.97. The van der Waals surface area contributed by atoms with Crippen molar-refractivity contribution in [2.75, 3.05) is 14.1 Å². The fraction of sp³-hybridized carbons (Fsp3) is 0.667. The molecule has 0 unspecified atom stereocenters. The second-order valence-corrected chi connectivity index (χ2v) is 3.31. The summed E-state index contributed by atoms with van der Waals surface area (Å²) in [5.41, 5.74) is 2.62. The highest BCUT2D eigenvalue weighted by Crippen LogP contribution is 2.28. The van der Waals surface area contributed by atoms with Crippen molar-refractivity contribution in [1.29, 1.82) is 0 Å². The fourth-order valence-corrected chi connectivity index (χ4v) is 1.28. The Balaban J connectivity index is 2.80. The Morgan fingerprint density at radius 1 is 1.27 bits per heavy atom. The lowest BCUT2D eigenvalue weighted by atomic mass is 10.0. The summed E-state index contributed by atoms with van der Waals surface area (Å²) >= 11 is 0. The highest BCUT2D eigenvalue weighted by Gasteiger charge is 2.23. The van der Waals surface area contributed by atoms with E-state index in [1.165, 1.54) is 11.3 Å². The summed E-state index contributed by atoms with van der Waals surface area (Å²) in [6, 6.07) is 0. The van der Waals surface area contributed by atoms with Gasteiger partial charge < -0.3 is 5.01 Å². The van der Waals surface area contributed by atoms with E-state index in [1.54, 1.807) is 0 Å². The summed E-state index contributed by atoms with van der Waals surface area (Å²) in [6.45, 7) is 9.81. The molecule has 1 heterocycles. The quantitative estimate of drug-likeness (QED) is 0.564. The van der Waals surface area contributed by atoms with Gasteiger partial charge in [0.1, 0.15) is 6.54 Å². The minimum Gasteiger partial charge on any atom is -0.312 e. The van der Waals surface area contributed by atoms with Gasteiger partial charge in [0.2, 0.25) is 0 Å². The van der Waals surface area contributed by atoms with Gasteiger partial charge in [0.25, 0.3) is 0 Å². The SMILES string of the molecule is CC1=C(C(C)C)[C]N(C)N1C. The molecule has 0 aromatic carbocycles. The van der Waals surface area contributed by atoms with Gasteiger partial charge in [-0.05, 0) is 18.4 Å². The smallest absolute Gasteiger partial charge is 0.116 e. The number of hydrazine groups is 1. The van der Waals surface area contributed by atoms with Crippen molar-refractivity contribution in [3.05, 3.63) is 17.8 Å². The molecular weight excluding hydrogens is 136 g/mol. The van der Waals surface area contributed by atoms with Crippen LogP contribution in [-0.2, 0) is 0 Å². The molecule has 11 heavy (non-hydrogen) atoms. The normalized spacial score (nSPS) is 20.7. The number of allylic oxidation sites excluding steroid dienone is 1. The molecule has 2 nitrogen and oxygen atoms in total. The average molecular weight is 152 g/mol. The van der Waals surface area contributed by atoms with Crippen LogP contribution in [-0.4, -0.2) is 24.1 Å². The lowest BCUT2D eigenvalue weighted by Gasteiger charge is -2.21. The topological polar surface area (TPSA) is 6.48 Å². The monoisotopic (exact) mass is 152 g/mol. The summed E-state index contributed by atoms with van der Waals surface area (Å²) in [5, 5.41) is 4.10. The van der Waals surface area contributed by atoms with E-state index in [9.17, 15) is 0 Å². The van der Waals surface area contributed by atoms with Crippen LogP contribution in [0.1, 0.15) is 20.8 Å². The molecule has 1 rings (SSSR count). The lowest BCUT2D eigenvalue weighted by Crippen LogP contribution is -2.27. The Bertz CT molecular complexity index is 182. The predicted octanol–water partition coefficient (Wildman–Crippen LogP) is 1.75. The van der Waals surface area contributed by atoms with Crippen molar-refractivity contribution >= 4 is 0 Å². The molecule has 0 aliphatic carbocycles. The molecule has 0 saturated carbocycles. The van der Waals surface area contributed by atoms with Crippen LogP contribution in [0.5, 0.6) is 0 Å². The number of hydrogen-bond acceptors (Lipinski definition) is 2. The maximum atomic E-state index is 3.29. The van der Waals surface area contributed by atoms with E-state index < -0.39 is 0 Å². The van der Waals surface area contributed by atoms with Crippen molar-refractivity contribution in [2.24, 2.45) is 5.92 Å². The molecule has 0 spiro atoms. The fourth-order valence-electron chi connectivity index (χ4n) is 1.28. The molecule has 2 radical (unpaired) electrons. The zero-order valence-corrected chi connectivity index (χ0v) is 7.97. The molecule has 0 atom stereocenters. The number of rotatable bonds is 1. The van der Waals surface area contributed by atoms with E-state index in [0.29, 0.717) is 5.92 Å². The summed E-state index contributed by atoms with van der Waals surface area (Å²) in [5.74, 6) is 0.572. The second kappa shape index (κ2) is 2.86. The number of likely N-dealkylation sites (N-methyl/N-ethyl adjacent to an activating group) is 1. The summed E-state index contributed by atoms with van der Waals surface area (Å²) in [6.07, 6.45) is 0. The van der Waals surface area contributed by atoms with Gasteiger partial charge in [0, 0.05) is 19.8 Å². The maximum absolute atomic E-state index is 3.29. The molecular formula is C9H16N2. The molecule has 0 aromatic heterocycles. The van der Waals surface area contributed by atoms with Gasteiger partial charge in [-0.25, -0.2) is 5.01 Å². The highest BCUT2D eigenvalue weighted by molar-refractivity contribution is 5.24. The van der Waals surface area contributed by atoms with Crippen LogP contribution in [0.25, 0.3) is 0 Å². The van der Waals surface area contributed by atoms with E-state index in [4.69, 9.17) is 0 Å². The lowest BCUT2D eigenvalue weighted by molar-refractivity contribution is 0.128. The average Bonchev–Trinajstić information content (AvgIpc) is 2.17. The Morgan fingerprint density at radius 3 is 2.00 bits per heavy atom. The van der Waals surface area contributed by atoms with E-state index in [2.05, 4.69) is 39.4 Å². The van der Waals surface area contributed by atoms with Crippen LogP contribution in [0.4, 0.5) is 0 Å². The van der Waals surface area contributed by atoms with E-state index >= 15 is 0 Å². The van der Waals surface area contributed by atoms with Crippen molar-refractivity contribution in [1.82, 2.24) is 10.0 Å². The first-order valence-corrected chi connectivity index (χ1v) is 3.99. The first-order chi connectivity index (χ1) is 5.04. The van der Waals surface area contributed by atoms with Crippen molar-refractivity contribution in [2.45, 2.75) is 20.8 Å². The standard InChI is InChI=1S/C9H16N2/c1-7(2)9-6-10(4)11(5)8(9)3/h7H,1-5H3. The van der Waals surface area contributed by atoms with Crippen LogP contribution in [0.15, 0.2) is 11.3 Å². The third-order valence-electron chi connectivity index (χ3n) is 2.18.